The summed E-state index contributed by atoms with van der Waals surface area (Å²) in [6.45, 7) is 0.598. The SMILES string of the molecule is Fc1cc(N2CCC(C(F)(F)F)CC2)ccn1. The third-order valence-corrected chi connectivity index (χ3v) is 3.03. The van der Waals surface area contributed by atoms with Gasteiger partial charge in [0.15, 0.2) is 0 Å². The normalized spacial score (nSPS) is 18.5. The van der Waals surface area contributed by atoms with Crippen LogP contribution in [0.25, 0.3) is 0 Å². The number of hydrogen-bond acceptors (Lipinski definition) is 2. The minimum absolute atomic E-state index is 0.0629. The lowest BCUT2D eigenvalue weighted by Crippen LogP contribution is -2.39. The summed E-state index contributed by atoms with van der Waals surface area (Å²) in [5, 5.41) is 0. The van der Waals surface area contributed by atoms with Crippen molar-refractivity contribution >= 4 is 5.69 Å². The molecule has 1 saturated heterocycles. The largest absolute Gasteiger partial charge is 0.391 e. The van der Waals surface area contributed by atoms with Gasteiger partial charge in [0.2, 0.25) is 5.95 Å². The van der Waals surface area contributed by atoms with Crippen molar-refractivity contribution in [3.05, 3.63) is 24.3 Å². The van der Waals surface area contributed by atoms with Gasteiger partial charge in [0.1, 0.15) is 0 Å². The summed E-state index contributed by atoms with van der Waals surface area (Å²) in [5.74, 6) is -1.84. The summed E-state index contributed by atoms with van der Waals surface area (Å²) in [7, 11) is 0. The van der Waals surface area contributed by atoms with Crippen LogP contribution in [0.3, 0.4) is 0 Å². The summed E-state index contributed by atoms with van der Waals surface area (Å²) in [5.41, 5.74) is 0.595. The molecule has 0 saturated carbocycles. The summed E-state index contributed by atoms with van der Waals surface area (Å²) >= 11 is 0. The Balaban J connectivity index is 2.00. The highest BCUT2D eigenvalue weighted by atomic mass is 19.4. The molecule has 0 bridgehead atoms. The van der Waals surface area contributed by atoms with Crippen LogP contribution in [0.15, 0.2) is 18.3 Å². The zero-order valence-corrected chi connectivity index (χ0v) is 9.04. The minimum Gasteiger partial charge on any atom is -0.371 e. The van der Waals surface area contributed by atoms with E-state index in [4.69, 9.17) is 0 Å². The zero-order valence-electron chi connectivity index (χ0n) is 9.04. The molecule has 0 aliphatic carbocycles. The maximum Gasteiger partial charge on any atom is 0.391 e. The van der Waals surface area contributed by atoms with E-state index in [0.717, 1.165) is 0 Å². The Morgan fingerprint density at radius 3 is 2.41 bits per heavy atom. The lowest BCUT2D eigenvalue weighted by Gasteiger charge is -2.34. The molecule has 1 fully saturated rings. The predicted octanol–water partition coefficient (Wildman–Crippen LogP) is 3.00. The topological polar surface area (TPSA) is 16.1 Å². The molecule has 0 amide bonds. The third-order valence-electron chi connectivity index (χ3n) is 3.03. The molecule has 2 heterocycles. The Kier molecular flexibility index (Phi) is 3.22. The quantitative estimate of drug-likeness (QED) is 0.561. The molecule has 1 aromatic rings. The van der Waals surface area contributed by atoms with Crippen LogP contribution in [0.4, 0.5) is 23.2 Å². The number of halogens is 4. The van der Waals surface area contributed by atoms with E-state index in [-0.39, 0.29) is 12.8 Å². The Bertz CT molecular complexity index is 383. The molecular formula is C11H12F4N2. The third kappa shape index (κ3) is 2.87. The van der Waals surface area contributed by atoms with Crippen molar-refractivity contribution in [3.8, 4) is 0 Å². The number of anilines is 1. The Labute approximate surface area is 96.3 Å². The number of piperidine rings is 1. The van der Waals surface area contributed by atoms with Gasteiger partial charge in [-0.1, -0.05) is 0 Å². The number of pyridine rings is 1. The molecular weight excluding hydrogens is 236 g/mol. The van der Waals surface area contributed by atoms with E-state index in [0.29, 0.717) is 18.8 Å². The van der Waals surface area contributed by atoms with Crippen molar-refractivity contribution in [2.24, 2.45) is 5.92 Å². The van der Waals surface area contributed by atoms with Crippen LogP contribution >= 0.6 is 0 Å². The zero-order chi connectivity index (χ0) is 12.5. The fraction of sp³-hybridized carbons (Fsp3) is 0.545. The standard InChI is InChI=1S/C11H12F4N2/c12-10-7-9(1-4-16-10)17-5-2-8(3-6-17)11(13,14)15/h1,4,7-8H,2-3,5-6H2. The second kappa shape index (κ2) is 4.50. The van der Waals surface area contributed by atoms with Crippen molar-refractivity contribution in [1.82, 2.24) is 4.98 Å². The molecule has 0 N–H and O–H groups in total. The maximum absolute atomic E-state index is 12.9. The van der Waals surface area contributed by atoms with Crippen LogP contribution in [-0.2, 0) is 0 Å². The van der Waals surface area contributed by atoms with Gasteiger partial charge in [0.05, 0.1) is 5.92 Å². The van der Waals surface area contributed by atoms with Gasteiger partial charge in [0, 0.05) is 31.0 Å². The van der Waals surface area contributed by atoms with E-state index in [2.05, 4.69) is 4.98 Å². The van der Waals surface area contributed by atoms with Gasteiger partial charge in [0.25, 0.3) is 0 Å². The molecule has 0 unspecified atom stereocenters. The number of rotatable bonds is 1. The van der Waals surface area contributed by atoms with Gasteiger partial charge in [-0.15, -0.1) is 0 Å². The van der Waals surface area contributed by atoms with Gasteiger partial charge >= 0.3 is 6.18 Å². The van der Waals surface area contributed by atoms with E-state index < -0.39 is 18.0 Å². The van der Waals surface area contributed by atoms with E-state index in [1.54, 1.807) is 11.0 Å². The molecule has 94 valence electrons. The second-order valence-corrected chi connectivity index (χ2v) is 4.14. The highest BCUT2D eigenvalue weighted by molar-refractivity contribution is 5.45. The Morgan fingerprint density at radius 2 is 1.88 bits per heavy atom. The smallest absolute Gasteiger partial charge is 0.371 e. The van der Waals surface area contributed by atoms with Crippen LogP contribution in [0, 0.1) is 11.9 Å². The molecule has 0 spiro atoms. The number of hydrogen-bond donors (Lipinski definition) is 0. The van der Waals surface area contributed by atoms with Gasteiger partial charge in [-0.05, 0) is 18.9 Å². The van der Waals surface area contributed by atoms with Crippen molar-refractivity contribution in [3.63, 3.8) is 0 Å². The first-order chi connectivity index (χ1) is 7.97. The molecule has 2 rings (SSSR count). The molecule has 1 aliphatic heterocycles. The molecule has 6 heteroatoms. The second-order valence-electron chi connectivity index (χ2n) is 4.14. The highest BCUT2D eigenvalue weighted by Crippen LogP contribution is 2.35. The summed E-state index contributed by atoms with van der Waals surface area (Å²) in [6.07, 6.45) is -2.67. The van der Waals surface area contributed by atoms with Gasteiger partial charge in [-0.3, -0.25) is 0 Å². The van der Waals surface area contributed by atoms with Gasteiger partial charge in [-0.25, -0.2) is 4.98 Å². The van der Waals surface area contributed by atoms with Crippen LogP contribution in [0.5, 0.6) is 0 Å². The van der Waals surface area contributed by atoms with E-state index in [1.807, 2.05) is 0 Å². The molecule has 1 aliphatic rings. The average Bonchev–Trinajstić information content (AvgIpc) is 2.28. The van der Waals surface area contributed by atoms with Crippen molar-refractivity contribution in [1.29, 1.82) is 0 Å². The van der Waals surface area contributed by atoms with Crippen molar-refractivity contribution < 1.29 is 17.6 Å². The molecule has 0 radical (unpaired) electrons. The summed E-state index contributed by atoms with van der Waals surface area (Å²) in [6, 6.07) is 2.85. The summed E-state index contributed by atoms with van der Waals surface area (Å²) in [4.78, 5) is 5.17. The Hall–Kier alpha value is -1.33. The average molecular weight is 248 g/mol. The number of aromatic nitrogens is 1. The fourth-order valence-corrected chi connectivity index (χ4v) is 2.05. The first kappa shape index (κ1) is 12.1. The fourth-order valence-electron chi connectivity index (χ4n) is 2.05. The maximum atomic E-state index is 12.9. The van der Waals surface area contributed by atoms with Gasteiger partial charge < -0.3 is 4.90 Å². The predicted molar refractivity (Wildman–Crippen MR) is 55.2 cm³/mol. The highest BCUT2D eigenvalue weighted by Gasteiger charge is 2.41. The summed E-state index contributed by atoms with van der Waals surface area (Å²) < 4.78 is 50.2. The van der Waals surface area contributed by atoms with Crippen LogP contribution < -0.4 is 4.90 Å². The lowest BCUT2D eigenvalue weighted by molar-refractivity contribution is -0.179. The van der Waals surface area contributed by atoms with E-state index in [1.165, 1.54) is 12.3 Å². The Morgan fingerprint density at radius 1 is 1.24 bits per heavy atom. The van der Waals surface area contributed by atoms with E-state index in [9.17, 15) is 17.6 Å². The van der Waals surface area contributed by atoms with Crippen LogP contribution in [0.1, 0.15) is 12.8 Å². The first-order valence-electron chi connectivity index (χ1n) is 5.40. The number of nitrogens with zero attached hydrogens (tertiary/aromatic N) is 2. The minimum atomic E-state index is -4.12. The lowest BCUT2D eigenvalue weighted by atomic mass is 9.96. The van der Waals surface area contributed by atoms with Gasteiger partial charge in [-0.2, -0.15) is 17.6 Å². The van der Waals surface area contributed by atoms with Crippen LogP contribution in [0.2, 0.25) is 0 Å². The van der Waals surface area contributed by atoms with Crippen LogP contribution in [-0.4, -0.2) is 24.2 Å². The van der Waals surface area contributed by atoms with E-state index >= 15 is 0 Å². The molecule has 0 atom stereocenters. The number of alkyl halides is 3. The van der Waals surface area contributed by atoms with Crippen molar-refractivity contribution in [2.75, 3.05) is 18.0 Å². The molecule has 2 nitrogen and oxygen atoms in total. The molecule has 1 aromatic heterocycles. The molecule has 17 heavy (non-hydrogen) atoms. The monoisotopic (exact) mass is 248 g/mol. The van der Waals surface area contributed by atoms with Crippen molar-refractivity contribution in [2.45, 2.75) is 19.0 Å². The first-order valence-corrected chi connectivity index (χ1v) is 5.40. The molecule has 0 aromatic carbocycles.